The predicted molar refractivity (Wildman–Crippen MR) is 79.9 cm³/mol. The molecule has 2 nitrogen and oxygen atoms in total. The van der Waals surface area contributed by atoms with Crippen molar-refractivity contribution in [2.75, 3.05) is 0 Å². The average Bonchev–Trinajstić information content (AvgIpc) is 3.23. The van der Waals surface area contributed by atoms with Crippen LogP contribution < -0.4 is 4.74 Å². The molecule has 0 amide bonds. The van der Waals surface area contributed by atoms with Gasteiger partial charge in [0.05, 0.1) is 6.10 Å². The molecular weight excluding hydrogens is 248 g/mol. The van der Waals surface area contributed by atoms with Gasteiger partial charge in [-0.1, -0.05) is 42.0 Å². The Morgan fingerprint density at radius 1 is 1.05 bits per heavy atom. The van der Waals surface area contributed by atoms with Crippen molar-refractivity contribution in [2.45, 2.75) is 38.4 Å². The van der Waals surface area contributed by atoms with Crippen LogP contribution in [0.4, 0.5) is 0 Å². The largest absolute Gasteiger partial charge is 0.490 e. The molecule has 1 fully saturated rings. The van der Waals surface area contributed by atoms with E-state index >= 15 is 0 Å². The molecule has 2 aromatic rings. The maximum atomic E-state index is 10.9. The number of rotatable bonds is 4. The summed E-state index contributed by atoms with van der Waals surface area (Å²) in [6, 6.07) is 15.8. The van der Waals surface area contributed by atoms with Crippen LogP contribution in [0.3, 0.4) is 0 Å². The van der Waals surface area contributed by atoms with Gasteiger partial charge < -0.3 is 9.84 Å². The number of hydrogen-bond donors (Lipinski definition) is 1. The molecule has 0 heterocycles. The van der Waals surface area contributed by atoms with E-state index in [4.69, 9.17) is 4.74 Å². The van der Waals surface area contributed by atoms with Crippen LogP contribution in [0.1, 0.15) is 36.5 Å². The summed E-state index contributed by atoms with van der Waals surface area (Å²) in [6.45, 7) is 3.87. The summed E-state index contributed by atoms with van der Waals surface area (Å²) >= 11 is 0. The third-order valence-electron chi connectivity index (χ3n) is 3.80. The summed E-state index contributed by atoms with van der Waals surface area (Å²) in [5.41, 5.74) is 1.91. The third kappa shape index (κ3) is 2.70. The van der Waals surface area contributed by atoms with E-state index in [1.165, 1.54) is 0 Å². The number of ether oxygens (including phenoxy) is 1. The van der Waals surface area contributed by atoms with Crippen LogP contribution in [0.25, 0.3) is 0 Å². The van der Waals surface area contributed by atoms with Gasteiger partial charge in [0.1, 0.15) is 11.4 Å². The van der Waals surface area contributed by atoms with E-state index in [-0.39, 0.29) is 0 Å². The topological polar surface area (TPSA) is 29.5 Å². The second kappa shape index (κ2) is 4.95. The minimum Gasteiger partial charge on any atom is -0.490 e. The SMILES string of the molecule is Cc1cccc(C(C)(O)c2cccc(OC3CC3)c2)c1. The van der Waals surface area contributed by atoms with Gasteiger partial charge >= 0.3 is 0 Å². The zero-order valence-electron chi connectivity index (χ0n) is 12.0. The van der Waals surface area contributed by atoms with E-state index in [1.807, 2.05) is 62.4 Å². The van der Waals surface area contributed by atoms with Crippen LogP contribution in [0.5, 0.6) is 5.75 Å². The van der Waals surface area contributed by atoms with E-state index < -0.39 is 5.60 Å². The van der Waals surface area contributed by atoms with Gasteiger partial charge in [-0.3, -0.25) is 0 Å². The molecule has 1 aliphatic rings. The Bertz CT molecular complexity index is 612. The van der Waals surface area contributed by atoms with Crippen molar-refractivity contribution in [3.63, 3.8) is 0 Å². The summed E-state index contributed by atoms with van der Waals surface area (Å²) in [5.74, 6) is 0.845. The van der Waals surface area contributed by atoms with Gasteiger partial charge in [-0.05, 0) is 49.9 Å². The van der Waals surface area contributed by atoms with Gasteiger partial charge in [0.15, 0.2) is 0 Å². The summed E-state index contributed by atoms with van der Waals surface area (Å²) in [7, 11) is 0. The lowest BCUT2D eigenvalue weighted by molar-refractivity contribution is 0.102. The fourth-order valence-corrected chi connectivity index (χ4v) is 2.37. The summed E-state index contributed by atoms with van der Waals surface area (Å²) in [6.07, 6.45) is 2.64. The molecule has 20 heavy (non-hydrogen) atoms. The monoisotopic (exact) mass is 268 g/mol. The number of benzene rings is 2. The third-order valence-corrected chi connectivity index (χ3v) is 3.80. The second-order valence-corrected chi connectivity index (χ2v) is 5.79. The summed E-state index contributed by atoms with van der Waals surface area (Å²) in [4.78, 5) is 0. The van der Waals surface area contributed by atoms with Crippen molar-refractivity contribution < 1.29 is 9.84 Å². The molecule has 0 saturated heterocycles. The van der Waals surface area contributed by atoms with E-state index in [9.17, 15) is 5.11 Å². The Hall–Kier alpha value is -1.80. The van der Waals surface area contributed by atoms with Gasteiger partial charge in [0.2, 0.25) is 0 Å². The highest BCUT2D eigenvalue weighted by Gasteiger charge is 2.27. The zero-order chi connectivity index (χ0) is 14.2. The Kier molecular flexibility index (Phi) is 3.27. The lowest BCUT2D eigenvalue weighted by atomic mass is 9.87. The van der Waals surface area contributed by atoms with E-state index in [0.29, 0.717) is 6.10 Å². The predicted octanol–water partition coefficient (Wildman–Crippen LogP) is 3.79. The van der Waals surface area contributed by atoms with Crippen LogP contribution in [0, 0.1) is 6.92 Å². The maximum Gasteiger partial charge on any atom is 0.120 e. The van der Waals surface area contributed by atoms with Gasteiger partial charge in [0, 0.05) is 0 Å². The van der Waals surface area contributed by atoms with Crippen LogP contribution in [0.15, 0.2) is 48.5 Å². The highest BCUT2D eigenvalue weighted by atomic mass is 16.5. The van der Waals surface area contributed by atoms with Crippen LogP contribution in [0.2, 0.25) is 0 Å². The molecule has 0 radical (unpaired) electrons. The van der Waals surface area contributed by atoms with Crippen LogP contribution >= 0.6 is 0 Å². The quantitative estimate of drug-likeness (QED) is 0.914. The van der Waals surface area contributed by atoms with E-state index in [0.717, 1.165) is 35.3 Å². The van der Waals surface area contributed by atoms with Gasteiger partial charge in [0.25, 0.3) is 0 Å². The summed E-state index contributed by atoms with van der Waals surface area (Å²) in [5, 5.41) is 10.9. The molecule has 3 rings (SSSR count). The minimum atomic E-state index is -1.01. The molecule has 1 aliphatic carbocycles. The first-order valence-corrected chi connectivity index (χ1v) is 7.12. The normalized spacial score (nSPS) is 17.6. The zero-order valence-corrected chi connectivity index (χ0v) is 12.0. The van der Waals surface area contributed by atoms with Crippen molar-refractivity contribution in [3.05, 3.63) is 65.2 Å². The van der Waals surface area contributed by atoms with E-state index in [1.54, 1.807) is 0 Å². The van der Waals surface area contributed by atoms with E-state index in [2.05, 4.69) is 0 Å². The Balaban J connectivity index is 1.93. The molecule has 0 bridgehead atoms. The molecule has 104 valence electrons. The number of aryl methyl sites for hydroxylation is 1. The lowest BCUT2D eigenvalue weighted by Crippen LogP contribution is -2.22. The molecule has 0 aliphatic heterocycles. The molecule has 0 spiro atoms. The van der Waals surface area contributed by atoms with Crippen molar-refractivity contribution in [2.24, 2.45) is 0 Å². The highest BCUT2D eigenvalue weighted by molar-refractivity contribution is 5.40. The Morgan fingerprint density at radius 2 is 1.70 bits per heavy atom. The number of aliphatic hydroxyl groups is 1. The molecule has 0 aromatic heterocycles. The van der Waals surface area contributed by atoms with Crippen molar-refractivity contribution in [1.29, 1.82) is 0 Å². The molecule has 1 saturated carbocycles. The smallest absolute Gasteiger partial charge is 0.120 e. The van der Waals surface area contributed by atoms with Crippen LogP contribution in [-0.2, 0) is 5.60 Å². The molecule has 1 N–H and O–H groups in total. The van der Waals surface area contributed by atoms with Gasteiger partial charge in [-0.15, -0.1) is 0 Å². The van der Waals surface area contributed by atoms with Crippen molar-refractivity contribution in [1.82, 2.24) is 0 Å². The fourth-order valence-electron chi connectivity index (χ4n) is 2.37. The first kappa shape index (κ1) is 13.2. The summed E-state index contributed by atoms with van der Waals surface area (Å²) < 4.78 is 5.81. The average molecular weight is 268 g/mol. The second-order valence-electron chi connectivity index (χ2n) is 5.79. The lowest BCUT2D eigenvalue weighted by Gasteiger charge is -2.25. The first-order chi connectivity index (χ1) is 9.55. The standard InChI is InChI=1S/C18H20O2/c1-13-5-3-6-14(11-13)18(2,19)15-7-4-8-17(12-15)20-16-9-10-16/h3-8,11-12,16,19H,9-10H2,1-2H3. The Labute approximate surface area is 120 Å². The first-order valence-electron chi connectivity index (χ1n) is 7.12. The molecule has 1 unspecified atom stereocenters. The van der Waals surface area contributed by atoms with Gasteiger partial charge in [-0.25, -0.2) is 0 Å². The molecule has 2 heteroatoms. The molecule has 2 aromatic carbocycles. The van der Waals surface area contributed by atoms with Gasteiger partial charge in [-0.2, -0.15) is 0 Å². The Morgan fingerprint density at radius 3 is 2.35 bits per heavy atom. The molecule has 1 atom stereocenters. The van der Waals surface area contributed by atoms with Crippen molar-refractivity contribution >= 4 is 0 Å². The van der Waals surface area contributed by atoms with Crippen LogP contribution in [-0.4, -0.2) is 11.2 Å². The minimum absolute atomic E-state index is 0.370. The fraction of sp³-hybridized carbons (Fsp3) is 0.333. The molecular formula is C18H20O2. The maximum absolute atomic E-state index is 10.9. The highest BCUT2D eigenvalue weighted by Crippen LogP contribution is 2.33. The number of hydrogen-bond acceptors (Lipinski definition) is 2. The van der Waals surface area contributed by atoms with Crippen molar-refractivity contribution in [3.8, 4) is 5.75 Å².